The monoisotopic (exact) mass is 308 g/mol. The van der Waals surface area contributed by atoms with E-state index in [0.717, 1.165) is 12.8 Å². The van der Waals surface area contributed by atoms with Crippen LogP contribution < -0.4 is 0 Å². The first-order chi connectivity index (χ1) is 8.74. The molecule has 3 nitrogen and oxygen atoms in total. The van der Waals surface area contributed by atoms with E-state index < -0.39 is 0 Å². The Kier molecular flexibility index (Phi) is 13.5. The van der Waals surface area contributed by atoms with Crippen LogP contribution in [0.5, 0.6) is 0 Å². The van der Waals surface area contributed by atoms with E-state index in [-0.39, 0.29) is 13.5 Å². The fraction of sp³-hybridized carbons (Fsp3) is 1.00. The van der Waals surface area contributed by atoms with Crippen molar-refractivity contribution in [3.63, 3.8) is 0 Å². The molecule has 0 saturated heterocycles. The van der Waals surface area contributed by atoms with Gasteiger partial charge in [-0.2, -0.15) is 0 Å². The second-order valence-electron chi connectivity index (χ2n) is 5.45. The highest BCUT2D eigenvalue weighted by molar-refractivity contribution is 7.00. The summed E-state index contributed by atoms with van der Waals surface area (Å²) in [6, 6.07) is 0. The van der Waals surface area contributed by atoms with Gasteiger partial charge in [0.1, 0.15) is 18.2 Å². The molecule has 0 spiro atoms. The van der Waals surface area contributed by atoms with E-state index in [0.29, 0.717) is 0 Å². The van der Waals surface area contributed by atoms with Gasteiger partial charge in [-0.1, -0.05) is 20.8 Å². The number of fused-ring (bicyclic) bond motifs is 4. The third kappa shape index (κ3) is 5.58. The van der Waals surface area contributed by atoms with Crippen LogP contribution in [-0.4, -0.2) is 11.2 Å². The molecule has 3 aliphatic carbocycles. The third-order valence-corrected chi connectivity index (χ3v) is 4.57. The maximum Gasteiger partial charge on any atom is 0.138 e. The summed E-state index contributed by atoms with van der Waals surface area (Å²) in [6.45, 7) is 3.87. The minimum absolute atomic E-state index is 0. The molecule has 0 aromatic heterocycles. The standard InChI is InChI=1S/C8H12.C5H12O.CH4.2HOP/c1-2-6-5(1)7-3-4-8(6)7;1-3-4-5(2)6;;2*1-2/h5-8H,1-4H2;5-6H,3-4H2,1-2H3;1H4;2*2H. The van der Waals surface area contributed by atoms with Crippen LogP contribution in [0.3, 0.4) is 0 Å². The van der Waals surface area contributed by atoms with Gasteiger partial charge in [0.05, 0.1) is 6.10 Å². The molecule has 3 rings (SSSR count). The van der Waals surface area contributed by atoms with Gasteiger partial charge in [-0.05, 0) is 62.7 Å². The molecule has 1 N–H and O–H groups in total. The molecule has 0 radical (unpaired) electrons. The molecule has 0 amide bonds. The maximum absolute atomic E-state index is 8.55. The van der Waals surface area contributed by atoms with Crippen LogP contribution in [0.25, 0.3) is 0 Å². The molecule has 0 aromatic rings. The number of hydrogen-bond donors (Lipinski definition) is 1. The van der Waals surface area contributed by atoms with Gasteiger partial charge in [0.2, 0.25) is 0 Å². The fourth-order valence-electron chi connectivity index (χ4n) is 3.50. The van der Waals surface area contributed by atoms with E-state index in [9.17, 15) is 0 Å². The van der Waals surface area contributed by atoms with Crippen LogP contribution in [0.15, 0.2) is 0 Å². The minimum Gasteiger partial charge on any atom is -0.393 e. The molecule has 3 fully saturated rings. The Morgan fingerprint density at radius 3 is 1.26 bits per heavy atom. The Labute approximate surface area is 122 Å². The van der Waals surface area contributed by atoms with Crippen molar-refractivity contribution in [3.8, 4) is 0 Å². The normalized spacial score (nSPS) is 32.8. The SMILES string of the molecule is C.C1CC2C1C1CCC21.CCCC(C)O.O=P.O=P. The lowest BCUT2D eigenvalue weighted by Crippen LogP contribution is -2.58. The molecule has 5 heteroatoms. The average Bonchev–Trinajstić information content (AvgIpc) is 2.35. The molecular formula is C14H30O3P2. The van der Waals surface area contributed by atoms with Crippen molar-refractivity contribution in [2.45, 2.75) is 65.9 Å². The summed E-state index contributed by atoms with van der Waals surface area (Å²) in [5.74, 6) is 4.98. The number of rotatable bonds is 2. The van der Waals surface area contributed by atoms with E-state index in [4.69, 9.17) is 14.2 Å². The van der Waals surface area contributed by atoms with Crippen molar-refractivity contribution in [2.24, 2.45) is 23.7 Å². The smallest absolute Gasteiger partial charge is 0.138 e. The Hall–Kier alpha value is 0.160. The molecule has 114 valence electrons. The third-order valence-electron chi connectivity index (χ3n) is 4.57. The van der Waals surface area contributed by atoms with Crippen LogP contribution in [-0.2, 0) is 9.13 Å². The quantitative estimate of drug-likeness (QED) is 0.745. The first-order valence-corrected chi connectivity index (χ1v) is 7.64. The lowest BCUT2D eigenvalue weighted by atomic mass is 9.39. The molecule has 1 unspecified atom stereocenters. The zero-order valence-electron chi connectivity index (χ0n) is 11.4. The summed E-state index contributed by atoms with van der Waals surface area (Å²) in [6.07, 6.45) is 8.27. The highest BCUT2D eigenvalue weighted by Gasteiger charge is 2.58. The van der Waals surface area contributed by atoms with Gasteiger partial charge < -0.3 is 5.11 Å². The minimum atomic E-state index is -0.102. The Balaban J connectivity index is 0. The molecular weight excluding hydrogens is 278 g/mol. The Bertz CT molecular complexity index is 185. The average molecular weight is 308 g/mol. The number of aliphatic hydroxyl groups excluding tert-OH is 1. The second-order valence-corrected chi connectivity index (χ2v) is 5.45. The van der Waals surface area contributed by atoms with Crippen molar-refractivity contribution in [1.29, 1.82) is 0 Å². The van der Waals surface area contributed by atoms with Gasteiger partial charge in [-0.3, -0.25) is 9.13 Å². The highest BCUT2D eigenvalue weighted by Crippen LogP contribution is 2.66. The van der Waals surface area contributed by atoms with Crippen LogP contribution in [0, 0.1) is 23.7 Å². The fourth-order valence-corrected chi connectivity index (χ4v) is 3.50. The molecule has 0 heterocycles. The van der Waals surface area contributed by atoms with Crippen molar-refractivity contribution in [3.05, 3.63) is 0 Å². The van der Waals surface area contributed by atoms with Gasteiger partial charge in [-0.25, -0.2) is 0 Å². The molecule has 0 aromatic carbocycles. The molecule has 3 saturated carbocycles. The molecule has 1 atom stereocenters. The molecule has 0 bridgehead atoms. The Morgan fingerprint density at radius 2 is 1.21 bits per heavy atom. The Morgan fingerprint density at radius 1 is 0.947 bits per heavy atom. The number of hydrogen-bond acceptors (Lipinski definition) is 3. The first kappa shape index (κ1) is 21.5. The predicted octanol–water partition coefficient (Wildman–Crippen LogP) is 4.81. The maximum atomic E-state index is 8.55. The zero-order chi connectivity index (χ0) is 14.1. The predicted molar refractivity (Wildman–Crippen MR) is 83.8 cm³/mol. The van der Waals surface area contributed by atoms with Crippen molar-refractivity contribution < 1.29 is 14.2 Å². The van der Waals surface area contributed by atoms with E-state index in [1.54, 1.807) is 43.9 Å². The first-order valence-electron chi connectivity index (χ1n) is 6.83. The van der Waals surface area contributed by atoms with Gasteiger partial charge in [-0.15, -0.1) is 0 Å². The largest absolute Gasteiger partial charge is 0.393 e. The molecule has 19 heavy (non-hydrogen) atoms. The van der Waals surface area contributed by atoms with Crippen LogP contribution in [0.2, 0.25) is 0 Å². The van der Waals surface area contributed by atoms with Crippen LogP contribution in [0.1, 0.15) is 59.8 Å². The summed E-state index contributed by atoms with van der Waals surface area (Å²) in [5.41, 5.74) is 0. The van der Waals surface area contributed by atoms with E-state index in [2.05, 4.69) is 6.92 Å². The van der Waals surface area contributed by atoms with Gasteiger partial charge in [0.15, 0.2) is 0 Å². The van der Waals surface area contributed by atoms with Crippen molar-refractivity contribution in [1.82, 2.24) is 0 Å². The van der Waals surface area contributed by atoms with E-state index >= 15 is 0 Å². The zero-order valence-corrected chi connectivity index (χ0v) is 13.4. The van der Waals surface area contributed by atoms with Crippen molar-refractivity contribution in [2.75, 3.05) is 0 Å². The van der Waals surface area contributed by atoms with E-state index in [1.165, 1.54) is 23.7 Å². The summed E-state index contributed by atoms with van der Waals surface area (Å²) in [5, 5.41) is 8.55. The lowest BCUT2D eigenvalue weighted by molar-refractivity contribution is -0.165. The highest BCUT2D eigenvalue weighted by atomic mass is 31.0. The topological polar surface area (TPSA) is 54.4 Å². The summed E-state index contributed by atoms with van der Waals surface area (Å²) >= 11 is 0. The van der Waals surface area contributed by atoms with Gasteiger partial charge in [0.25, 0.3) is 0 Å². The number of aliphatic hydroxyl groups is 1. The summed E-state index contributed by atoms with van der Waals surface area (Å²) in [4.78, 5) is 0. The van der Waals surface area contributed by atoms with Crippen molar-refractivity contribution >= 4 is 18.2 Å². The molecule has 0 aliphatic heterocycles. The lowest BCUT2D eigenvalue weighted by Gasteiger charge is -2.66. The summed E-state index contributed by atoms with van der Waals surface area (Å²) in [7, 11) is 3.44. The summed E-state index contributed by atoms with van der Waals surface area (Å²) < 4.78 is 16.1. The van der Waals surface area contributed by atoms with Gasteiger partial charge >= 0.3 is 0 Å². The van der Waals surface area contributed by atoms with Gasteiger partial charge in [0, 0.05) is 0 Å². The van der Waals surface area contributed by atoms with E-state index in [1.807, 2.05) is 6.92 Å². The van der Waals surface area contributed by atoms with Crippen LogP contribution >= 0.6 is 18.2 Å². The molecule has 3 aliphatic rings. The van der Waals surface area contributed by atoms with Crippen LogP contribution in [0.4, 0.5) is 0 Å². The second kappa shape index (κ2) is 11.9.